The van der Waals surface area contributed by atoms with Crippen molar-refractivity contribution in [3.63, 3.8) is 0 Å². The molecule has 2 N–H and O–H groups in total. The van der Waals surface area contributed by atoms with Gasteiger partial charge in [-0.3, -0.25) is 4.99 Å². The van der Waals surface area contributed by atoms with Gasteiger partial charge in [-0.25, -0.2) is 0 Å². The first kappa shape index (κ1) is 11.8. The summed E-state index contributed by atoms with van der Waals surface area (Å²) in [6.07, 6.45) is 2.23. The number of ether oxygens (including phenoxy) is 1. The molecule has 4 heteroatoms. The molecule has 0 spiro atoms. The van der Waals surface area contributed by atoms with Crippen molar-refractivity contribution in [3.8, 4) is 5.75 Å². The number of rotatable bonds is 4. The van der Waals surface area contributed by atoms with Crippen LogP contribution in [0, 0.1) is 0 Å². The molecule has 0 aliphatic carbocycles. The molecule has 1 heterocycles. The van der Waals surface area contributed by atoms with Gasteiger partial charge >= 0.3 is 0 Å². The maximum Gasteiger partial charge on any atom is 0.196 e. The van der Waals surface area contributed by atoms with Crippen molar-refractivity contribution < 1.29 is 4.74 Å². The van der Waals surface area contributed by atoms with Gasteiger partial charge in [0, 0.05) is 11.8 Å². The Balaban J connectivity index is 2.26. The highest BCUT2D eigenvalue weighted by atomic mass is 16.5. The summed E-state index contributed by atoms with van der Waals surface area (Å²) in [6.45, 7) is 2.97. The van der Waals surface area contributed by atoms with Gasteiger partial charge in [-0.1, -0.05) is 19.4 Å². The summed E-state index contributed by atoms with van der Waals surface area (Å²) in [5.41, 5.74) is 7.02. The lowest BCUT2D eigenvalue weighted by atomic mass is 10.1. The molecule has 0 amide bonds. The first-order valence-corrected chi connectivity index (χ1v) is 5.99. The van der Waals surface area contributed by atoms with Crippen molar-refractivity contribution in [2.24, 2.45) is 10.7 Å². The van der Waals surface area contributed by atoms with E-state index >= 15 is 0 Å². The smallest absolute Gasteiger partial charge is 0.196 e. The van der Waals surface area contributed by atoms with Gasteiger partial charge < -0.3 is 15.4 Å². The third-order valence-corrected chi connectivity index (χ3v) is 3.03. The SMILES string of the molecule is CCCC1CN=C(N)N1c1cccc(OC)c1. The van der Waals surface area contributed by atoms with Crippen LogP contribution in [0.25, 0.3) is 0 Å². The summed E-state index contributed by atoms with van der Waals surface area (Å²) in [5, 5.41) is 0. The Labute approximate surface area is 102 Å². The summed E-state index contributed by atoms with van der Waals surface area (Å²) in [7, 11) is 1.67. The maximum atomic E-state index is 5.96. The van der Waals surface area contributed by atoms with Gasteiger partial charge in [-0.15, -0.1) is 0 Å². The van der Waals surface area contributed by atoms with Crippen LogP contribution in [0.2, 0.25) is 0 Å². The number of benzene rings is 1. The van der Waals surface area contributed by atoms with Gasteiger partial charge in [-0.05, 0) is 18.6 Å². The van der Waals surface area contributed by atoms with Gasteiger partial charge in [-0.2, -0.15) is 0 Å². The van der Waals surface area contributed by atoms with Crippen molar-refractivity contribution in [1.82, 2.24) is 0 Å². The van der Waals surface area contributed by atoms with Crippen molar-refractivity contribution in [2.75, 3.05) is 18.6 Å². The number of nitrogens with zero attached hydrogens (tertiary/aromatic N) is 2. The predicted molar refractivity (Wildman–Crippen MR) is 70.7 cm³/mol. The number of guanidine groups is 1. The van der Waals surface area contributed by atoms with E-state index in [1.165, 1.54) is 0 Å². The molecular formula is C13H19N3O. The molecule has 1 atom stereocenters. The van der Waals surface area contributed by atoms with E-state index in [9.17, 15) is 0 Å². The van der Waals surface area contributed by atoms with Crippen LogP contribution in [-0.4, -0.2) is 25.7 Å². The second-order valence-corrected chi connectivity index (χ2v) is 4.21. The molecule has 0 bridgehead atoms. The minimum absolute atomic E-state index is 0.382. The molecule has 4 nitrogen and oxygen atoms in total. The monoisotopic (exact) mass is 233 g/mol. The van der Waals surface area contributed by atoms with E-state index in [0.29, 0.717) is 12.0 Å². The molecule has 0 radical (unpaired) electrons. The summed E-state index contributed by atoms with van der Waals surface area (Å²) in [4.78, 5) is 6.43. The Morgan fingerprint density at radius 3 is 3.06 bits per heavy atom. The molecule has 92 valence electrons. The van der Waals surface area contributed by atoms with Crippen LogP contribution < -0.4 is 15.4 Å². The largest absolute Gasteiger partial charge is 0.497 e. The molecule has 17 heavy (non-hydrogen) atoms. The van der Waals surface area contributed by atoms with Crippen LogP contribution >= 0.6 is 0 Å². The van der Waals surface area contributed by atoms with Crippen LogP contribution in [0.5, 0.6) is 5.75 Å². The Hall–Kier alpha value is -1.71. The zero-order chi connectivity index (χ0) is 12.3. The Morgan fingerprint density at radius 2 is 2.35 bits per heavy atom. The highest BCUT2D eigenvalue weighted by Crippen LogP contribution is 2.26. The number of aliphatic imine (C=N–C) groups is 1. The van der Waals surface area contributed by atoms with Crippen molar-refractivity contribution in [2.45, 2.75) is 25.8 Å². The van der Waals surface area contributed by atoms with E-state index in [0.717, 1.165) is 30.8 Å². The molecule has 0 saturated carbocycles. The predicted octanol–water partition coefficient (Wildman–Crippen LogP) is 2.00. The zero-order valence-corrected chi connectivity index (χ0v) is 10.4. The van der Waals surface area contributed by atoms with E-state index in [4.69, 9.17) is 10.5 Å². The molecule has 1 aliphatic rings. The Bertz CT molecular complexity index is 417. The number of methoxy groups -OCH3 is 1. The first-order valence-electron chi connectivity index (χ1n) is 5.99. The van der Waals surface area contributed by atoms with E-state index < -0.39 is 0 Å². The maximum absolute atomic E-state index is 5.96. The van der Waals surface area contributed by atoms with Gasteiger partial charge in [0.1, 0.15) is 5.75 Å². The molecule has 0 fully saturated rings. The summed E-state index contributed by atoms with van der Waals surface area (Å²) in [5.74, 6) is 1.45. The summed E-state index contributed by atoms with van der Waals surface area (Å²) in [6, 6.07) is 8.33. The van der Waals surface area contributed by atoms with E-state index in [2.05, 4.69) is 16.8 Å². The fourth-order valence-corrected chi connectivity index (χ4v) is 2.20. The molecule has 0 saturated heterocycles. The van der Waals surface area contributed by atoms with E-state index in [1.807, 2.05) is 24.3 Å². The van der Waals surface area contributed by atoms with Crippen LogP contribution in [0.15, 0.2) is 29.3 Å². The van der Waals surface area contributed by atoms with Gasteiger partial charge in [0.15, 0.2) is 5.96 Å². The second-order valence-electron chi connectivity index (χ2n) is 4.21. The van der Waals surface area contributed by atoms with Crippen LogP contribution in [0.4, 0.5) is 5.69 Å². The Kier molecular flexibility index (Phi) is 3.52. The number of hydrogen-bond donors (Lipinski definition) is 1. The fourth-order valence-electron chi connectivity index (χ4n) is 2.20. The highest BCUT2D eigenvalue weighted by Gasteiger charge is 2.26. The number of hydrogen-bond acceptors (Lipinski definition) is 4. The first-order chi connectivity index (χ1) is 8.26. The molecule has 1 aliphatic heterocycles. The van der Waals surface area contributed by atoms with Gasteiger partial charge in [0.25, 0.3) is 0 Å². The molecule has 1 unspecified atom stereocenters. The standard InChI is InChI=1S/C13H19N3O/c1-3-5-11-9-15-13(14)16(11)10-6-4-7-12(8-10)17-2/h4,6-8,11H,3,5,9H2,1-2H3,(H2,14,15). The fraction of sp³-hybridized carbons (Fsp3) is 0.462. The topological polar surface area (TPSA) is 50.8 Å². The van der Waals surface area contributed by atoms with Gasteiger partial charge in [0.05, 0.1) is 19.7 Å². The number of nitrogens with two attached hydrogens (primary N) is 1. The van der Waals surface area contributed by atoms with Crippen LogP contribution in [-0.2, 0) is 0 Å². The average Bonchev–Trinajstić information content (AvgIpc) is 2.71. The van der Waals surface area contributed by atoms with Crippen molar-refractivity contribution in [1.29, 1.82) is 0 Å². The lowest BCUT2D eigenvalue weighted by Crippen LogP contribution is -2.40. The minimum atomic E-state index is 0.382. The molecule has 0 aromatic heterocycles. The number of anilines is 1. The van der Waals surface area contributed by atoms with Crippen molar-refractivity contribution >= 4 is 11.6 Å². The summed E-state index contributed by atoms with van der Waals surface area (Å²) < 4.78 is 5.24. The molecule has 1 aromatic rings. The lowest BCUT2D eigenvalue weighted by molar-refractivity contribution is 0.415. The van der Waals surface area contributed by atoms with Crippen molar-refractivity contribution in [3.05, 3.63) is 24.3 Å². The highest BCUT2D eigenvalue weighted by molar-refractivity contribution is 5.97. The third kappa shape index (κ3) is 2.35. The third-order valence-electron chi connectivity index (χ3n) is 3.03. The van der Waals surface area contributed by atoms with E-state index in [-0.39, 0.29) is 0 Å². The van der Waals surface area contributed by atoms with Crippen LogP contribution in [0.1, 0.15) is 19.8 Å². The lowest BCUT2D eigenvalue weighted by Gasteiger charge is -2.26. The minimum Gasteiger partial charge on any atom is -0.497 e. The van der Waals surface area contributed by atoms with Gasteiger partial charge in [0.2, 0.25) is 0 Å². The second kappa shape index (κ2) is 5.08. The zero-order valence-electron chi connectivity index (χ0n) is 10.4. The Morgan fingerprint density at radius 1 is 1.53 bits per heavy atom. The quantitative estimate of drug-likeness (QED) is 0.865. The molecular weight excluding hydrogens is 214 g/mol. The normalized spacial score (nSPS) is 19.3. The molecule has 2 rings (SSSR count). The molecule has 1 aromatic carbocycles. The average molecular weight is 233 g/mol. The van der Waals surface area contributed by atoms with Crippen LogP contribution in [0.3, 0.4) is 0 Å². The summed E-state index contributed by atoms with van der Waals surface area (Å²) >= 11 is 0. The van der Waals surface area contributed by atoms with E-state index in [1.54, 1.807) is 7.11 Å².